The molecule has 3 aromatic rings. The second-order valence-corrected chi connectivity index (χ2v) is 5.10. The Bertz CT molecular complexity index is 1030. The average molecular weight is 336 g/mol. The fourth-order valence-electron chi connectivity index (χ4n) is 2.59. The Morgan fingerprint density at radius 1 is 1.44 bits per heavy atom. The van der Waals surface area contributed by atoms with Gasteiger partial charge in [-0.25, -0.2) is 9.31 Å². The molecule has 0 saturated heterocycles. The second-order valence-electron chi connectivity index (χ2n) is 5.10. The van der Waals surface area contributed by atoms with Crippen molar-refractivity contribution in [3.05, 3.63) is 64.0 Å². The molecule has 0 aliphatic carbocycles. The zero-order chi connectivity index (χ0) is 18.0. The number of nitro benzene ring substituents is 1. The molecule has 0 amide bonds. The number of para-hydroxylation sites is 1. The Morgan fingerprint density at radius 2 is 2.20 bits per heavy atom. The number of hydrogen-bond donors (Lipinski definition) is 0. The first-order valence-corrected chi connectivity index (χ1v) is 7.39. The Kier molecular flexibility index (Phi) is 4.14. The first-order valence-electron chi connectivity index (χ1n) is 7.39. The third-order valence-electron chi connectivity index (χ3n) is 3.64. The van der Waals surface area contributed by atoms with E-state index in [0.717, 1.165) is 0 Å². The summed E-state index contributed by atoms with van der Waals surface area (Å²) in [7, 11) is 0. The van der Waals surface area contributed by atoms with E-state index in [0.29, 0.717) is 11.1 Å². The van der Waals surface area contributed by atoms with Crippen molar-refractivity contribution >= 4 is 17.2 Å². The summed E-state index contributed by atoms with van der Waals surface area (Å²) in [6.45, 7) is 1.91. The van der Waals surface area contributed by atoms with Crippen molar-refractivity contribution in [3.63, 3.8) is 0 Å². The van der Waals surface area contributed by atoms with Crippen molar-refractivity contribution in [2.75, 3.05) is 6.61 Å². The van der Waals surface area contributed by atoms with Gasteiger partial charge in [-0.2, -0.15) is 10.4 Å². The van der Waals surface area contributed by atoms with E-state index in [1.165, 1.54) is 29.0 Å². The number of ether oxygens (including phenoxy) is 1. The van der Waals surface area contributed by atoms with E-state index in [-0.39, 0.29) is 29.0 Å². The van der Waals surface area contributed by atoms with Crippen LogP contribution in [0.5, 0.6) is 0 Å². The van der Waals surface area contributed by atoms with Gasteiger partial charge in [0.2, 0.25) is 0 Å². The third kappa shape index (κ3) is 2.79. The minimum atomic E-state index is -0.528. The monoisotopic (exact) mass is 336 g/mol. The molecule has 0 radical (unpaired) electrons. The molecule has 124 valence electrons. The van der Waals surface area contributed by atoms with Crippen molar-refractivity contribution in [3.8, 4) is 17.2 Å². The predicted octanol–water partition coefficient (Wildman–Crippen LogP) is 2.96. The topological polar surface area (TPSA) is 111 Å². The molecule has 0 saturated carbocycles. The minimum Gasteiger partial charge on any atom is -0.462 e. The highest BCUT2D eigenvalue weighted by atomic mass is 16.6. The van der Waals surface area contributed by atoms with Gasteiger partial charge < -0.3 is 4.74 Å². The zero-order valence-corrected chi connectivity index (χ0v) is 13.2. The maximum atomic E-state index is 12.0. The number of fused-ring (bicyclic) bond motifs is 1. The van der Waals surface area contributed by atoms with Crippen LogP contribution in [0.3, 0.4) is 0 Å². The van der Waals surface area contributed by atoms with Crippen LogP contribution in [0.4, 0.5) is 5.69 Å². The first kappa shape index (κ1) is 16.1. The van der Waals surface area contributed by atoms with Crippen LogP contribution in [0.25, 0.3) is 16.6 Å². The normalized spacial score (nSPS) is 10.4. The molecule has 8 heteroatoms. The van der Waals surface area contributed by atoms with Crippen LogP contribution < -0.4 is 0 Å². The van der Waals surface area contributed by atoms with Crippen LogP contribution >= 0.6 is 0 Å². The maximum absolute atomic E-state index is 12.0. The van der Waals surface area contributed by atoms with Gasteiger partial charge in [-0.15, -0.1) is 0 Å². The number of esters is 1. The smallest absolute Gasteiger partial charge is 0.339 e. The summed E-state index contributed by atoms with van der Waals surface area (Å²) in [5, 5.41) is 24.9. The van der Waals surface area contributed by atoms with Crippen LogP contribution in [-0.4, -0.2) is 27.1 Å². The Labute approximate surface area is 142 Å². The lowest BCUT2D eigenvalue weighted by molar-refractivity contribution is -0.384. The van der Waals surface area contributed by atoms with Gasteiger partial charge in [0, 0.05) is 17.8 Å². The van der Waals surface area contributed by atoms with E-state index in [4.69, 9.17) is 4.74 Å². The molecule has 0 fully saturated rings. The molecule has 2 aromatic heterocycles. The molecule has 3 rings (SSSR count). The summed E-state index contributed by atoms with van der Waals surface area (Å²) in [5.41, 5.74) is 1.34. The number of rotatable bonds is 4. The third-order valence-corrected chi connectivity index (χ3v) is 3.64. The van der Waals surface area contributed by atoms with Gasteiger partial charge in [0.1, 0.15) is 6.07 Å². The van der Waals surface area contributed by atoms with Crippen LogP contribution in [0.1, 0.15) is 22.8 Å². The first-order chi connectivity index (χ1) is 12.1. The highest BCUT2D eigenvalue weighted by Gasteiger charge is 2.22. The molecule has 1 aromatic carbocycles. The molecule has 8 nitrogen and oxygen atoms in total. The molecule has 0 spiro atoms. The molecule has 0 aliphatic heterocycles. The summed E-state index contributed by atoms with van der Waals surface area (Å²) >= 11 is 0. The quantitative estimate of drug-likeness (QED) is 0.411. The van der Waals surface area contributed by atoms with Gasteiger partial charge >= 0.3 is 5.97 Å². The van der Waals surface area contributed by atoms with Crippen molar-refractivity contribution in [1.82, 2.24) is 9.61 Å². The largest absolute Gasteiger partial charge is 0.462 e. The lowest BCUT2D eigenvalue weighted by Gasteiger charge is -2.07. The molecular weight excluding hydrogens is 324 g/mol. The number of benzene rings is 1. The molecule has 0 bridgehead atoms. The lowest BCUT2D eigenvalue weighted by Crippen LogP contribution is -2.02. The molecular formula is C17H12N4O4. The molecule has 0 atom stereocenters. The van der Waals surface area contributed by atoms with E-state index in [9.17, 15) is 20.2 Å². The molecule has 0 aliphatic rings. The van der Waals surface area contributed by atoms with Gasteiger partial charge in [0.15, 0.2) is 0 Å². The van der Waals surface area contributed by atoms with Gasteiger partial charge in [0.25, 0.3) is 5.69 Å². The highest BCUT2D eigenvalue weighted by Crippen LogP contribution is 2.35. The Balaban J connectivity index is 2.32. The van der Waals surface area contributed by atoms with Gasteiger partial charge in [-0.3, -0.25) is 10.1 Å². The highest BCUT2D eigenvalue weighted by molar-refractivity contribution is 5.95. The molecule has 2 heterocycles. The van der Waals surface area contributed by atoms with Crippen molar-refractivity contribution in [2.45, 2.75) is 6.92 Å². The fraction of sp³-hybridized carbons (Fsp3) is 0.118. The second kappa shape index (κ2) is 6.41. The summed E-state index contributed by atoms with van der Waals surface area (Å²) in [5.74, 6) is -0.528. The number of carbonyl (C=O) groups is 1. The van der Waals surface area contributed by atoms with Crippen LogP contribution in [0.2, 0.25) is 0 Å². The maximum Gasteiger partial charge on any atom is 0.339 e. The lowest BCUT2D eigenvalue weighted by atomic mass is 9.99. The summed E-state index contributed by atoms with van der Waals surface area (Å²) in [6.07, 6.45) is 2.78. The number of nitriles is 1. The van der Waals surface area contributed by atoms with E-state index >= 15 is 0 Å². The SMILES string of the molecule is CCOC(=O)c1cc2c(-c3ccccc3[N+](=O)[O-])c(C#N)cnn2c1. The molecule has 25 heavy (non-hydrogen) atoms. The number of aromatic nitrogens is 2. The van der Waals surface area contributed by atoms with E-state index < -0.39 is 10.9 Å². The minimum absolute atomic E-state index is 0.133. The number of carbonyl (C=O) groups excluding carboxylic acids is 1. The van der Waals surface area contributed by atoms with Gasteiger partial charge in [-0.05, 0) is 19.1 Å². The van der Waals surface area contributed by atoms with Crippen LogP contribution in [-0.2, 0) is 4.74 Å². The van der Waals surface area contributed by atoms with E-state index in [1.807, 2.05) is 6.07 Å². The number of nitrogens with zero attached hydrogens (tertiary/aromatic N) is 4. The zero-order valence-electron chi connectivity index (χ0n) is 13.2. The number of hydrogen-bond acceptors (Lipinski definition) is 6. The standard InChI is InChI=1S/C17H12N4O4/c1-2-25-17(22)11-7-15-16(12(8-18)9-19-20(15)10-11)13-5-3-4-6-14(13)21(23)24/h3-7,9-10H,2H2,1H3. The van der Waals surface area contributed by atoms with Crippen molar-refractivity contribution < 1.29 is 14.5 Å². The van der Waals surface area contributed by atoms with Crippen LogP contribution in [0.15, 0.2) is 42.7 Å². The van der Waals surface area contributed by atoms with Crippen molar-refractivity contribution in [2.24, 2.45) is 0 Å². The Hall–Kier alpha value is -3.73. The predicted molar refractivity (Wildman–Crippen MR) is 88.0 cm³/mol. The van der Waals surface area contributed by atoms with Crippen LogP contribution in [0, 0.1) is 21.4 Å². The summed E-state index contributed by atoms with van der Waals surface area (Å²) in [6, 6.07) is 9.64. The number of nitro groups is 1. The molecule has 0 unspecified atom stereocenters. The van der Waals surface area contributed by atoms with Gasteiger partial charge in [0.05, 0.1) is 39.9 Å². The average Bonchev–Trinajstić information content (AvgIpc) is 3.05. The summed E-state index contributed by atoms with van der Waals surface area (Å²) < 4.78 is 6.37. The van der Waals surface area contributed by atoms with E-state index in [1.54, 1.807) is 25.1 Å². The molecule has 0 N–H and O–H groups in total. The van der Waals surface area contributed by atoms with Crippen molar-refractivity contribution in [1.29, 1.82) is 5.26 Å². The van der Waals surface area contributed by atoms with E-state index in [2.05, 4.69) is 5.10 Å². The van der Waals surface area contributed by atoms with Gasteiger partial charge in [-0.1, -0.05) is 12.1 Å². The Morgan fingerprint density at radius 3 is 2.88 bits per heavy atom. The fourth-order valence-corrected chi connectivity index (χ4v) is 2.59. The summed E-state index contributed by atoms with van der Waals surface area (Å²) in [4.78, 5) is 22.8.